The summed E-state index contributed by atoms with van der Waals surface area (Å²) in [4.78, 5) is 8.74. The largest absolute Gasteiger partial charge is 0.417 e. The van der Waals surface area contributed by atoms with Gasteiger partial charge in [-0.1, -0.05) is 49.7 Å². The lowest BCUT2D eigenvalue weighted by molar-refractivity contribution is -0.0532. The summed E-state index contributed by atoms with van der Waals surface area (Å²) in [5.74, 6) is 1.18. The lowest BCUT2D eigenvalue weighted by Crippen LogP contribution is -2.09. The zero-order chi connectivity index (χ0) is 22.1. The molecule has 4 aromatic rings. The van der Waals surface area contributed by atoms with Crippen LogP contribution < -0.4 is 4.74 Å². The molecule has 31 heavy (non-hydrogen) atoms. The Morgan fingerprint density at radius 1 is 1.10 bits per heavy atom. The second-order valence-electron chi connectivity index (χ2n) is 7.69. The highest BCUT2D eigenvalue weighted by Crippen LogP contribution is 2.33. The van der Waals surface area contributed by atoms with Crippen molar-refractivity contribution in [2.75, 3.05) is 0 Å². The molecule has 0 amide bonds. The van der Waals surface area contributed by atoms with E-state index in [-0.39, 0.29) is 5.88 Å². The van der Waals surface area contributed by atoms with Crippen molar-refractivity contribution in [2.45, 2.75) is 39.7 Å². The molecule has 160 valence electrons. The number of benzene rings is 2. The van der Waals surface area contributed by atoms with Crippen LogP contribution in [0.2, 0.25) is 5.02 Å². The van der Waals surface area contributed by atoms with Crippen LogP contribution in [0.25, 0.3) is 16.6 Å². The molecule has 0 aliphatic heterocycles. The summed E-state index contributed by atoms with van der Waals surface area (Å²) >= 11 is 6.24. The van der Waals surface area contributed by atoms with Gasteiger partial charge in [-0.25, -0.2) is 9.97 Å². The van der Waals surface area contributed by atoms with E-state index >= 15 is 0 Å². The van der Waals surface area contributed by atoms with E-state index in [4.69, 9.17) is 16.3 Å². The Morgan fingerprint density at radius 2 is 1.84 bits per heavy atom. The second-order valence-corrected chi connectivity index (χ2v) is 8.10. The van der Waals surface area contributed by atoms with Crippen LogP contribution >= 0.6 is 11.6 Å². The smallest absolute Gasteiger partial charge is 0.388 e. The summed E-state index contributed by atoms with van der Waals surface area (Å²) in [6.07, 6.45) is 4.12. The second kappa shape index (κ2) is 8.63. The lowest BCUT2D eigenvalue weighted by atomic mass is 9.98. The fourth-order valence-electron chi connectivity index (χ4n) is 3.75. The van der Waals surface area contributed by atoms with Gasteiger partial charge < -0.3 is 9.30 Å². The van der Waals surface area contributed by atoms with Crippen LogP contribution in [0, 0.1) is 6.92 Å². The van der Waals surface area contributed by atoms with Crippen molar-refractivity contribution in [3.63, 3.8) is 0 Å². The molecule has 4 nitrogen and oxygen atoms in total. The summed E-state index contributed by atoms with van der Waals surface area (Å²) in [6, 6.07) is 13.3. The van der Waals surface area contributed by atoms with Crippen molar-refractivity contribution in [2.24, 2.45) is 0 Å². The molecule has 0 spiro atoms. The molecular formula is C24H22ClF2N3O. The molecule has 2 aromatic heterocycles. The van der Waals surface area contributed by atoms with Gasteiger partial charge in [0.2, 0.25) is 5.88 Å². The first-order valence-corrected chi connectivity index (χ1v) is 10.4. The minimum Gasteiger partial charge on any atom is -0.417 e. The van der Waals surface area contributed by atoms with Crippen LogP contribution in [0.5, 0.6) is 5.88 Å². The molecule has 0 atom stereocenters. The molecule has 0 unspecified atom stereocenters. The number of aromatic nitrogens is 3. The van der Waals surface area contributed by atoms with Crippen molar-refractivity contribution >= 4 is 22.5 Å². The summed E-state index contributed by atoms with van der Waals surface area (Å²) in [6.45, 7) is 3.10. The van der Waals surface area contributed by atoms with Gasteiger partial charge >= 0.3 is 6.61 Å². The third kappa shape index (κ3) is 4.26. The topological polar surface area (TPSA) is 39.9 Å². The van der Waals surface area contributed by atoms with E-state index in [0.29, 0.717) is 28.4 Å². The van der Waals surface area contributed by atoms with Gasteiger partial charge in [0, 0.05) is 41.4 Å². The van der Waals surface area contributed by atoms with Crippen molar-refractivity contribution in [3.8, 4) is 11.6 Å². The molecule has 0 aliphatic rings. The van der Waals surface area contributed by atoms with Crippen LogP contribution in [0.15, 0.2) is 54.9 Å². The normalized spacial score (nSPS) is 11.6. The van der Waals surface area contributed by atoms with Gasteiger partial charge in [0.15, 0.2) is 0 Å². The van der Waals surface area contributed by atoms with Gasteiger partial charge in [0.1, 0.15) is 5.82 Å². The Hall–Kier alpha value is -2.99. The van der Waals surface area contributed by atoms with Gasteiger partial charge in [-0.15, -0.1) is 0 Å². The number of aryl methyl sites for hydroxylation is 1. The molecular weight excluding hydrogens is 420 g/mol. The summed E-state index contributed by atoms with van der Waals surface area (Å²) < 4.78 is 33.0. The molecule has 0 aliphatic carbocycles. The molecule has 7 heteroatoms. The minimum atomic E-state index is -2.97. The number of halogens is 3. The molecule has 0 N–H and O–H groups in total. The number of ether oxygens (including phenoxy) is 1. The van der Waals surface area contributed by atoms with Crippen LogP contribution in [-0.2, 0) is 6.42 Å². The monoisotopic (exact) mass is 441 g/mol. The fourth-order valence-corrected chi connectivity index (χ4v) is 3.97. The number of hydrogen-bond donors (Lipinski definition) is 0. The lowest BCUT2D eigenvalue weighted by Gasteiger charge is -2.16. The predicted molar refractivity (Wildman–Crippen MR) is 119 cm³/mol. The van der Waals surface area contributed by atoms with Crippen molar-refractivity contribution in [3.05, 3.63) is 82.4 Å². The van der Waals surface area contributed by atoms with E-state index in [9.17, 15) is 8.78 Å². The first-order chi connectivity index (χ1) is 14.8. The number of imidazole rings is 1. The van der Waals surface area contributed by atoms with Crippen LogP contribution in [0.3, 0.4) is 0 Å². The fraction of sp³-hybridized carbons (Fsp3) is 0.250. The first-order valence-electron chi connectivity index (χ1n) is 10.00. The molecule has 0 saturated heterocycles. The SMILES string of the molecule is Cc1c(Cc2ccc(-n3ccnc3C(C)C)cc2)c(OC(F)F)nc2c(Cl)cccc12. The number of rotatable bonds is 6. The number of fused-ring (bicyclic) bond motifs is 1. The maximum absolute atomic E-state index is 13.1. The van der Waals surface area contributed by atoms with Crippen molar-refractivity contribution in [1.29, 1.82) is 0 Å². The summed E-state index contributed by atoms with van der Waals surface area (Å²) in [5.41, 5.74) is 3.85. The zero-order valence-corrected chi connectivity index (χ0v) is 18.2. The molecule has 0 fully saturated rings. The number of para-hydroxylation sites is 1. The molecule has 0 radical (unpaired) electrons. The van der Waals surface area contributed by atoms with Gasteiger partial charge in [-0.3, -0.25) is 0 Å². The Labute approximate surface area is 184 Å². The van der Waals surface area contributed by atoms with Crippen molar-refractivity contribution in [1.82, 2.24) is 14.5 Å². The van der Waals surface area contributed by atoms with Gasteiger partial charge in [-0.05, 0) is 36.2 Å². The van der Waals surface area contributed by atoms with Gasteiger partial charge in [0.05, 0.1) is 10.5 Å². The summed E-state index contributed by atoms with van der Waals surface area (Å²) in [5, 5.41) is 1.22. The number of alkyl halides is 2. The van der Waals surface area contributed by atoms with Crippen LogP contribution in [0.1, 0.15) is 42.3 Å². The Bertz CT molecular complexity index is 1220. The average molecular weight is 442 g/mol. The van der Waals surface area contributed by atoms with E-state index < -0.39 is 6.61 Å². The van der Waals surface area contributed by atoms with Crippen LogP contribution in [-0.4, -0.2) is 21.1 Å². The van der Waals surface area contributed by atoms with E-state index in [2.05, 4.69) is 23.8 Å². The standard InChI is InChI=1S/C24H22ClF2N3O/c1-14(2)22-28-11-12-30(22)17-9-7-16(8-10-17)13-19-15(3)18-5-4-6-20(25)21(18)29-23(19)31-24(26)27/h4-12,14,24H,13H2,1-3H3. The Balaban J connectivity index is 1.72. The molecule has 4 rings (SSSR count). The predicted octanol–water partition coefficient (Wildman–Crippen LogP) is 6.70. The number of hydrogen-bond acceptors (Lipinski definition) is 3. The molecule has 2 aromatic carbocycles. The van der Waals surface area contributed by atoms with Gasteiger partial charge in [0.25, 0.3) is 0 Å². The third-order valence-electron chi connectivity index (χ3n) is 5.30. The molecule has 0 saturated carbocycles. The van der Waals surface area contributed by atoms with E-state index in [1.54, 1.807) is 12.3 Å². The van der Waals surface area contributed by atoms with Crippen molar-refractivity contribution < 1.29 is 13.5 Å². The van der Waals surface area contributed by atoms with E-state index in [1.165, 1.54) is 0 Å². The highest BCUT2D eigenvalue weighted by atomic mass is 35.5. The van der Waals surface area contributed by atoms with E-state index in [0.717, 1.165) is 28.0 Å². The summed E-state index contributed by atoms with van der Waals surface area (Å²) in [7, 11) is 0. The quantitative estimate of drug-likeness (QED) is 0.334. The van der Waals surface area contributed by atoms with Gasteiger partial charge in [-0.2, -0.15) is 8.78 Å². The Kier molecular flexibility index (Phi) is 5.92. The zero-order valence-electron chi connectivity index (χ0n) is 17.4. The van der Waals surface area contributed by atoms with E-state index in [1.807, 2.05) is 54.1 Å². The highest BCUT2D eigenvalue weighted by molar-refractivity contribution is 6.35. The number of nitrogens with zero attached hydrogens (tertiary/aromatic N) is 3. The third-order valence-corrected chi connectivity index (χ3v) is 5.60. The molecule has 2 heterocycles. The highest BCUT2D eigenvalue weighted by Gasteiger charge is 2.18. The average Bonchev–Trinajstić information content (AvgIpc) is 3.22. The minimum absolute atomic E-state index is 0.0890. The molecule has 0 bridgehead atoms. The first kappa shape index (κ1) is 21.2. The maximum atomic E-state index is 13.1. The van der Waals surface area contributed by atoms with Crippen LogP contribution in [0.4, 0.5) is 8.78 Å². The maximum Gasteiger partial charge on any atom is 0.388 e. The Morgan fingerprint density at radius 3 is 2.52 bits per heavy atom. The number of pyridine rings is 1.